The number of hydrogen-bond donors (Lipinski definition) is 1. The number of rotatable bonds is 6. The van der Waals surface area contributed by atoms with Crippen LogP contribution in [0.15, 0.2) is 59.5 Å². The predicted molar refractivity (Wildman–Crippen MR) is 96.0 cm³/mol. The van der Waals surface area contributed by atoms with Crippen LogP contribution in [0.3, 0.4) is 0 Å². The predicted octanol–water partition coefficient (Wildman–Crippen LogP) is 1.96. The summed E-state index contributed by atoms with van der Waals surface area (Å²) < 4.78 is 32.6. The monoisotopic (exact) mass is 372 g/mol. The Morgan fingerprint density at radius 3 is 2.46 bits per heavy atom. The third-order valence-corrected chi connectivity index (χ3v) is 6.17. The van der Waals surface area contributed by atoms with Crippen molar-refractivity contribution >= 4 is 10.0 Å². The number of aliphatic hydroxyl groups excluding tert-OH is 1. The van der Waals surface area contributed by atoms with Crippen molar-refractivity contribution in [3.8, 4) is 11.8 Å². The van der Waals surface area contributed by atoms with E-state index < -0.39 is 22.2 Å². The lowest BCUT2D eigenvalue weighted by atomic mass is 10.1. The second kappa shape index (κ2) is 7.87. The molecule has 0 amide bonds. The molecule has 26 heavy (non-hydrogen) atoms. The van der Waals surface area contributed by atoms with E-state index in [2.05, 4.69) is 6.07 Å². The Balaban J connectivity index is 1.71. The van der Waals surface area contributed by atoms with Gasteiger partial charge in [-0.2, -0.15) is 9.57 Å². The molecule has 2 aromatic carbocycles. The van der Waals surface area contributed by atoms with Gasteiger partial charge in [-0.05, 0) is 36.2 Å². The molecule has 7 heteroatoms. The van der Waals surface area contributed by atoms with Crippen LogP contribution in [-0.4, -0.2) is 43.1 Å². The molecule has 1 aliphatic heterocycles. The topological polar surface area (TPSA) is 90.6 Å². The fraction of sp³-hybridized carbons (Fsp3) is 0.316. The number of para-hydroxylation sites is 1. The van der Waals surface area contributed by atoms with Crippen molar-refractivity contribution in [2.24, 2.45) is 0 Å². The van der Waals surface area contributed by atoms with Crippen LogP contribution in [0, 0.1) is 11.3 Å². The van der Waals surface area contributed by atoms with Gasteiger partial charge in [-0.3, -0.25) is 0 Å². The first-order valence-electron chi connectivity index (χ1n) is 8.36. The first-order chi connectivity index (χ1) is 12.5. The van der Waals surface area contributed by atoms with E-state index in [-0.39, 0.29) is 18.0 Å². The number of aliphatic hydroxyl groups is 1. The SMILES string of the molecule is N#CCCc1ccc(S(=O)(=O)N2C[C@@H](O)[C@H](Oc3ccccc3)C2)cc1. The summed E-state index contributed by atoms with van der Waals surface area (Å²) in [6, 6.07) is 17.6. The Morgan fingerprint density at radius 1 is 1.12 bits per heavy atom. The van der Waals surface area contributed by atoms with E-state index in [1.165, 1.54) is 4.31 Å². The molecule has 0 saturated carbocycles. The summed E-state index contributed by atoms with van der Waals surface area (Å²) in [6.07, 6.45) is -0.517. The minimum atomic E-state index is -3.71. The molecule has 136 valence electrons. The average molecular weight is 372 g/mol. The zero-order valence-corrected chi connectivity index (χ0v) is 15.0. The van der Waals surface area contributed by atoms with E-state index >= 15 is 0 Å². The van der Waals surface area contributed by atoms with E-state index in [0.29, 0.717) is 18.6 Å². The number of nitriles is 1. The summed E-state index contributed by atoms with van der Waals surface area (Å²) in [7, 11) is -3.71. The summed E-state index contributed by atoms with van der Waals surface area (Å²) in [5, 5.41) is 18.8. The second-order valence-electron chi connectivity index (χ2n) is 6.16. The zero-order valence-electron chi connectivity index (χ0n) is 14.2. The summed E-state index contributed by atoms with van der Waals surface area (Å²) >= 11 is 0. The summed E-state index contributed by atoms with van der Waals surface area (Å²) in [5.41, 5.74) is 0.914. The Morgan fingerprint density at radius 2 is 1.81 bits per heavy atom. The Bertz CT molecular complexity index is 876. The molecule has 1 heterocycles. The Kier molecular flexibility index (Phi) is 5.57. The molecule has 0 radical (unpaired) electrons. The van der Waals surface area contributed by atoms with E-state index in [4.69, 9.17) is 10.00 Å². The van der Waals surface area contributed by atoms with Crippen LogP contribution < -0.4 is 4.74 Å². The van der Waals surface area contributed by atoms with Gasteiger partial charge >= 0.3 is 0 Å². The number of nitrogens with zero attached hydrogens (tertiary/aromatic N) is 2. The van der Waals surface area contributed by atoms with Crippen LogP contribution in [0.25, 0.3) is 0 Å². The molecule has 1 fully saturated rings. The number of aryl methyl sites for hydroxylation is 1. The molecule has 3 rings (SSSR count). The first kappa shape index (κ1) is 18.4. The molecule has 2 aromatic rings. The van der Waals surface area contributed by atoms with Gasteiger partial charge in [-0.1, -0.05) is 30.3 Å². The number of β-amino-alcohol motifs (C(OH)–C–C–N with tert-alkyl or cyclic N) is 1. The van der Waals surface area contributed by atoms with E-state index in [9.17, 15) is 13.5 Å². The largest absolute Gasteiger partial charge is 0.486 e. The van der Waals surface area contributed by atoms with Crippen molar-refractivity contribution in [2.75, 3.05) is 13.1 Å². The van der Waals surface area contributed by atoms with Gasteiger partial charge in [-0.25, -0.2) is 8.42 Å². The maximum atomic E-state index is 12.8. The first-order valence-corrected chi connectivity index (χ1v) is 9.80. The van der Waals surface area contributed by atoms with Gasteiger partial charge in [0.25, 0.3) is 0 Å². The third-order valence-electron chi connectivity index (χ3n) is 4.32. The van der Waals surface area contributed by atoms with Gasteiger partial charge < -0.3 is 9.84 Å². The lowest BCUT2D eigenvalue weighted by molar-refractivity contribution is 0.0737. The van der Waals surface area contributed by atoms with Crippen LogP contribution in [0.4, 0.5) is 0 Å². The number of hydrogen-bond acceptors (Lipinski definition) is 5. The van der Waals surface area contributed by atoms with Crippen LogP contribution in [0.5, 0.6) is 5.75 Å². The van der Waals surface area contributed by atoms with Crippen LogP contribution in [0.2, 0.25) is 0 Å². The van der Waals surface area contributed by atoms with Gasteiger partial charge in [-0.15, -0.1) is 0 Å². The van der Waals surface area contributed by atoms with Gasteiger partial charge in [0.15, 0.2) is 0 Å². The van der Waals surface area contributed by atoms with Crippen molar-refractivity contribution in [1.29, 1.82) is 5.26 Å². The molecule has 2 atom stereocenters. The highest BCUT2D eigenvalue weighted by Crippen LogP contribution is 2.25. The van der Waals surface area contributed by atoms with Crippen molar-refractivity contribution in [3.63, 3.8) is 0 Å². The van der Waals surface area contributed by atoms with Crippen LogP contribution >= 0.6 is 0 Å². The van der Waals surface area contributed by atoms with E-state index in [0.717, 1.165) is 5.56 Å². The number of sulfonamides is 1. The number of benzene rings is 2. The third kappa shape index (κ3) is 4.05. The highest BCUT2D eigenvalue weighted by Gasteiger charge is 2.39. The minimum Gasteiger partial charge on any atom is -0.486 e. The summed E-state index contributed by atoms with van der Waals surface area (Å²) in [4.78, 5) is 0.172. The van der Waals surface area contributed by atoms with Gasteiger partial charge in [0.2, 0.25) is 10.0 Å². The maximum absolute atomic E-state index is 12.8. The van der Waals surface area contributed by atoms with Gasteiger partial charge in [0.05, 0.1) is 17.5 Å². The summed E-state index contributed by atoms with van der Waals surface area (Å²) in [5.74, 6) is 0.595. The molecule has 1 saturated heterocycles. The van der Waals surface area contributed by atoms with Crippen molar-refractivity contribution in [3.05, 3.63) is 60.2 Å². The average Bonchev–Trinajstić information content (AvgIpc) is 3.02. The minimum absolute atomic E-state index is 0.00395. The maximum Gasteiger partial charge on any atom is 0.243 e. The molecule has 0 bridgehead atoms. The van der Waals surface area contributed by atoms with Crippen molar-refractivity contribution in [1.82, 2.24) is 4.31 Å². The van der Waals surface area contributed by atoms with E-state index in [1.807, 2.05) is 18.2 Å². The quantitative estimate of drug-likeness (QED) is 0.837. The van der Waals surface area contributed by atoms with Gasteiger partial charge in [0, 0.05) is 13.0 Å². The molecule has 0 aliphatic carbocycles. The van der Waals surface area contributed by atoms with Crippen LogP contribution in [-0.2, 0) is 16.4 Å². The van der Waals surface area contributed by atoms with Crippen molar-refractivity contribution in [2.45, 2.75) is 29.9 Å². The molecule has 1 aliphatic rings. The molecular formula is C19H20N2O4S. The van der Waals surface area contributed by atoms with Crippen molar-refractivity contribution < 1.29 is 18.3 Å². The normalized spacial score (nSPS) is 20.6. The Labute approximate surface area is 153 Å². The molecular weight excluding hydrogens is 352 g/mol. The second-order valence-corrected chi connectivity index (χ2v) is 8.10. The lowest BCUT2D eigenvalue weighted by Crippen LogP contribution is -2.31. The Hall–Kier alpha value is -2.40. The smallest absolute Gasteiger partial charge is 0.243 e. The highest BCUT2D eigenvalue weighted by atomic mass is 32.2. The standard InChI is InChI=1S/C19H20N2O4S/c20-12-4-5-15-8-10-17(11-9-15)26(23,24)21-13-18(22)19(14-21)25-16-6-2-1-3-7-16/h1-3,6-11,18-19,22H,4-5,13-14H2/t18-,19-/m1/s1. The number of ether oxygens (including phenoxy) is 1. The van der Waals surface area contributed by atoms with Crippen LogP contribution in [0.1, 0.15) is 12.0 Å². The molecule has 1 N–H and O–H groups in total. The summed E-state index contributed by atoms with van der Waals surface area (Å²) in [6.45, 7) is 0.0879. The zero-order chi connectivity index (χ0) is 18.6. The van der Waals surface area contributed by atoms with E-state index in [1.54, 1.807) is 36.4 Å². The molecule has 6 nitrogen and oxygen atoms in total. The van der Waals surface area contributed by atoms with Gasteiger partial charge in [0.1, 0.15) is 18.0 Å². The molecule has 0 unspecified atom stereocenters. The molecule has 0 spiro atoms. The fourth-order valence-corrected chi connectivity index (χ4v) is 4.36. The lowest BCUT2D eigenvalue weighted by Gasteiger charge is -2.17. The molecule has 0 aromatic heterocycles. The highest BCUT2D eigenvalue weighted by molar-refractivity contribution is 7.89. The fourth-order valence-electron chi connectivity index (χ4n) is 2.89.